The Kier molecular flexibility index (Phi) is 4.35. The van der Waals surface area contributed by atoms with Gasteiger partial charge in [-0.2, -0.15) is 0 Å². The van der Waals surface area contributed by atoms with Gasteiger partial charge in [-0.05, 0) is 17.7 Å². The first kappa shape index (κ1) is 16.3. The Morgan fingerprint density at radius 1 is 1.00 bits per heavy atom. The van der Waals surface area contributed by atoms with Crippen LogP contribution in [0.2, 0.25) is 0 Å². The van der Waals surface area contributed by atoms with Gasteiger partial charge in [0.1, 0.15) is 12.4 Å². The number of hydrogen-bond acceptors (Lipinski definition) is 4. The van der Waals surface area contributed by atoms with Crippen molar-refractivity contribution in [3.05, 3.63) is 88.3 Å². The van der Waals surface area contributed by atoms with Crippen LogP contribution < -0.4 is 15.1 Å². The molecule has 132 valence electrons. The van der Waals surface area contributed by atoms with Crippen LogP contribution in [0.25, 0.3) is 0 Å². The van der Waals surface area contributed by atoms with Crippen LogP contribution in [-0.2, 0) is 19.7 Å². The van der Waals surface area contributed by atoms with Gasteiger partial charge < -0.3 is 19.3 Å². The summed E-state index contributed by atoms with van der Waals surface area (Å²) in [4.78, 5) is 14.0. The number of aromatic nitrogens is 1. The molecule has 1 aliphatic heterocycles. The number of nitrogens with zero attached hydrogens (tertiary/aromatic N) is 2. The van der Waals surface area contributed by atoms with Gasteiger partial charge in [-0.3, -0.25) is 4.79 Å². The van der Waals surface area contributed by atoms with E-state index in [2.05, 4.69) is 4.90 Å². The third-order valence-corrected chi connectivity index (χ3v) is 4.60. The Bertz CT molecular complexity index is 966. The van der Waals surface area contributed by atoms with E-state index in [9.17, 15) is 9.90 Å². The topological polar surface area (TPSA) is 54.7 Å². The van der Waals surface area contributed by atoms with E-state index in [1.165, 1.54) is 12.3 Å². The molecule has 0 fully saturated rings. The van der Waals surface area contributed by atoms with Gasteiger partial charge in [0, 0.05) is 24.8 Å². The van der Waals surface area contributed by atoms with Gasteiger partial charge in [0.2, 0.25) is 5.43 Å². The Balaban J connectivity index is 1.56. The fraction of sp³-hybridized carbons (Fsp3) is 0.190. The van der Waals surface area contributed by atoms with Crippen LogP contribution in [0, 0.1) is 0 Å². The number of rotatable bonds is 4. The quantitative estimate of drug-likeness (QED) is 0.787. The van der Waals surface area contributed by atoms with E-state index in [-0.39, 0.29) is 11.2 Å². The second kappa shape index (κ2) is 6.96. The molecule has 26 heavy (non-hydrogen) atoms. The average molecular weight is 348 g/mol. The molecule has 2 aromatic carbocycles. The molecule has 2 heterocycles. The van der Waals surface area contributed by atoms with E-state index >= 15 is 0 Å². The van der Waals surface area contributed by atoms with E-state index < -0.39 is 0 Å². The summed E-state index contributed by atoms with van der Waals surface area (Å²) in [5.41, 5.74) is 2.67. The van der Waals surface area contributed by atoms with Crippen molar-refractivity contribution in [2.24, 2.45) is 0 Å². The second-order valence-corrected chi connectivity index (χ2v) is 6.37. The van der Waals surface area contributed by atoms with Gasteiger partial charge >= 0.3 is 0 Å². The molecule has 0 bridgehead atoms. The van der Waals surface area contributed by atoms with Crippen molar-refractivity contribution in [1.29, 1.82) is 0 Å². The summed E-state index contributed by atoms with van der Waals surface area (Å²) in [6.45, 7) is 2.59. The van der Waals surface area contributed by atoms with Crippen molar-refractivity contribution in [3.63, 3.8) is 0 Å². The van der Waals surface area contributed by atoms with Gasteiger partial charge in [-0.25, -0.2) is 0 Å². The number of pyridine rings is 1. The first-order valence-corrected chi connectivity index (χ1v) is 8.64. The molecule has 0 radical (unpaired) electrons. The summed E-state index contributed by atoms with van der Waals surface area (Å²) in [6, 6.07) is 19.5. The average Bonchev–Trinajstić information content (AvgIpc) is 2.68. The first-order valence-electron chi connectivity index (χ1n) is 8.64. The highest BCUT2D eigenvalue weighted by Gasteiger charge is 2.19. The molecule has 1 N–H and O–H groups in total. The largest absolute Gasteiger partial charge is 0.503 e. The molecule has 0 aliphatic carbocycles. The van der Waals surface area contributed by atoms with Crippen molar-refractivity contribution >= 4 is 5.69 Å². The van der Waals surface area contributed by atoms with Crippen LogP contribution in [0.5, 0.6) is 11.5 Å². The van der Waals surface area contributed by atoms with E-state index in [4.69, 9.17) is 4.74 Å². The highest BCUT2D eigenvalue weighted by molar-refractivity contribution is 5.59. The number of ether oxygens (including phenoxy) is 1. The predicted molar refractivity (Wildman–Crippen MR) is 101 cm³/mol. The van der Waals surface area contributed by atoms with Crippen LogP contribution in [-0.4, -0.2) is 16.2 Å². The number of benzene rings is 2. The lowest BCUT2D eigenvalue weighted by Gasteiger charge is -2.33. The molecule has 1 aromatic heterocycles. The predicted octanol–water partition coefficient (Wildman–Crippen LogP) is 3.15. The standard InChI is InChI=1S/C21H20N2O3/c24-19-12-17-13-23(11-10-22(17)14-20(19)25)18-8-4-5-9-21(18)26-15-16-6-2-1-3-7-16/h1-9,12,14,25H,10-11,13,15H2. The molecule has 5 heteroatoms. The second-order valence-electron chi connectivity index (χ2n) is 6.37. The number of anilines is 1. The van der Waals surface area contributed by atoms with Crippen LogP contribution in [0.3, 0.4) is 0 Å². The van der Waals surface area contributed by atoms with E-state index in [1.54, 1.807) is 0 Å². The third-order valence-electron chi connectivity index (χ3n) is 4.60. The zero-order chi connectivity index (χ0) is 17.9. The number of fused-ring (bicyclic) bond motifs is 1. The van der Waals surface area contributed by atoms with Gasteiger partial charge in [0.05, 0.1) is 18.4 Å². The van der Waals surface area contributed by atoms with E-state index in [1.807, 2.05) is 59.2 Å². The lowest BCUT2D eigenvalue weighted by Crippen LogP contribution is -2.35. The molecule has 0 atom stereocenters. The van der Waals surface area contributed by atoms with Crippen molar-refractivity contribution < 1.29 is 9.84 Å². The highest BCUT2D eigenvalue weighted by atomic mass is 16.5. The van der Waals surface area contributed by atoms with Gasteiger partial charge in [0.25, 0.3) is 0 Å². The minimum Gasteiger partial charge on any atom is -0.503 e. The zero-order valence-corrected chi connectivity index (χ0v) is 14.3. The first-order chi connectivity index (χ1) is 12.7. The summed E-state index contributed by atoms with van der Waals surface area (Å²) in [6.07, 6.45) is 1.52. The Morgan fingerprint density at radius 2 is 1.77 bits per heavy atom. The molecular formula is C21H20N2O3. The fourth-order valence-corrected chi connectivity index (χ4v) is 3.23. The van der Waals surface area contributed by atoms with Crippen molar-refractivity contribution in [3.8, 4) is 11.5 Å². The van der Waals surface area contributed by atoms with E-state index in [0.29, 0.717) is 19.7 Å². The Hall–Kier alpha value is -3.21. The number of para-hydroxylation sites is 2. The fourth-order valence-electron chi connectivity index (χ4n) is 3.23. The van der Waals surface area contributed by atoms with Crippen molar-refractivity contribution in [2.45, 2.75) is 19.7 Å². The molecular weight excluding hydrogens is 328 g/mol. The van der Waals surface area contributed by atoms with Gasteiger partial charge in [-0.15, -0.1) is 0 Å². The van der Waals surface area contributed by atoms with Crippen molar-refractivity contribution in [2.75, 3.05) is 11.4 Å². The van der Waals surface area contributed by atoms with Crippen LogP contribution in [0.1, 0.15) is 11.3 Å². The van der Waals surface area contributed by atoms with Crippen LogP contribution >= 0.6 is 0 Å². The maximum absolute atomic E-state index is 11.8. The minimum atomic E-state index is -0.341. The summed E-state index contributed by atoms with van der Waals surface area (Å²) < 4.78 is 7.99. The summed E-state index contributed by atoms with van der Waals surface area (Å²) in [5.74, 6) is 0.625. The van der Waals surface area contributed by atoms with Crippen LogP contribution in [0.15, 0.2) is 71.7 Å². The van der Waals surface area contributed by atoms with E-state index in [0.717, 1.165) is 29.2 Å². The lowest BCUT2D eigenvalue weighted by atomic mass is 10.2. The molecule has 1 aliphatic rings. The summed E-state index contributed by atoms with van der Waals surface area (Å²) in [5, 5.41) is 9.61. The van der Waals surface area contributed by atoms with Crippen LogP contribution in [0.4, 0.5) is 5.69 Å². The molecule has 0 saturated heterocycles. The normalized spacial score (nSPS) is 13.3. The maximum atomic E-state index is 11.8. The Morgan fingerprint density at radius 3 is 2.62 bits per heavy atom. The molecule has 3 aromatic rings. The molecule has 0 unspecified atom stereocenters. The monoisotopic (exact) mass is 348 g/mol. The summed E-state index contributed by atoms with van der Waals surface area (Å²) >= 11 is 0. The zero-order valence-electron chi connectivity index (χ0n) is 14.3. The Labute approximate surface area is 151 Å². The summed E-state index contributed by atoms with van der Waals surface area (Å²) in [7, 11) is 0. The number of hydrogen-bond donors (Lipinski definition) is 1. The highest BCUT2D eigenvalue weighted by Crippen LogP contribution is 2.31. The molecule has 0 saturated carbocycles. The van der Waals surface area contributed by atoms with Gasteiger partial charge in [0.15, 0.2) is 5.75 Å². The minimum absolute atomic E-state index is 0.200. The molecule has 4 rings (SSSR count). The molecule has 5 nitrogen and oxygen atoms in total. The molecule has 0 amide bonds. The lowest BCUT2D eigenvalue weighted by molar-refractivity contribution is 0.306. The maximum Gasteiger partial charge on any atom is 0.223 e. The molecule has 0 spiro atoms. The van der Waals surface area contributed by atoms with Gasteiger partial charge in [-0.1, -0.05) is 42.5 Å². The SMILES string of the molecule is O=c1cc2n(cc1O)CCN(c1ccccc1OCc1ccccc1)C2. The third kappa shape index (κ3) is 3.28. The smallest absolute Gasteiger partial charge is 0.223 e. The van der Waals surface area contributed by atoms with Crippen molar-refractivity contribution in [1.82, 2.24) is 4.57 Å². The number of aromatic hydroxyl groups is 1.